The lowest BCUT2D eigenvalue weighted by molar-refractivity contribution is -0.129. The lowest BCUT2D eigenvalue weighted by Gasteiger charge is -2.32. The zero-order valence-corrected chi connectivity index (χ0v) is 20.2. The Bertz CT molecular complexity index is 1360. The summed E-state index contributed by atoms with van der Waals surface area (Å²) in [6.07, 6.45) is 3.97. The summed E-state index contributed by atoms with van der Waals surface area (Å²) in [7, 11) is 0. The third-order valence-electron chi connectivity index (χ3n) is 6.58. The van der Waals surface area contributed by atoms with Gasteiger partial charge in [-0.3, -0.25) is 18.6 Å². The van der Waals surface area contributed by atoms with Gasteiger partial charge in [0.1, 0.15) is 0 Å². The van der Waals surface area contributed by atoms with Gasteiger partial charge in [0, 0.05) is 19.6 Å². The lowest BCUT2D eigenvalue weighted by Crippen LogP contribution is -2.39. The van der Waals surface area contributed by atoms with Crippen molar-refractivity contribution >= 4 is 34.3 Å². The molecule has 8 heteroatoms. The first kappa shape index (κ1) is 22.7. The number of likely N-dealkylation sites (tertiary alicyclic amines) is 1. The standard InChI is InChI=1S/C26H29N5O2S/c1-2-14-30-24(33)21-10-6-7-11-22(21)31-25(30)27-28-26(31)34-18-23(32)29-15-12-20(13-16-29)17-19-8-4-3-5-9-19/h3-11,20H,2,12-18H2,1H3. The van der Waals surface area contributed by atoms with Crippen molar-refractivity contribution in [3.8, 4) is 0 Å². The number of piperidine rings is 1. The Labute approximate surface area is 202 Å². The van der Waals surface area contributed by atoms with Crippen LogP contribution in [-0.2, 0) is 17.8 Å². The Balaban J connectivity index is 1.28. The molecule has 0 atom stereocenters. The summed E-state index contributed by atoms with van der Waals surface area (Å²) in [6.45, 7) is 4.21. The topological polar surface area (TPSA) is 72.5 Å². The van der Waals surface area contributed by atoms with Crippen molar-refractivity contribution in [2.75, 3.05) is 18.8 Å². The number of rotatable bonds is 7. The maximum absolute atomic E-state index is 13.0. The molecule has 0 radical (unpaired) electrons. The molecule has 0 aliphatic carbocycles. The number of aromatic nitrogens is 4. The van der Waals surface area contributed by atoms with Gasteiger partial charge in [0.15, 0.2) is 5.16 Å². The van der Waals surface area contributed by atoms with Gasteiger partial charge in [-0.05, 0) is 49.3 Å². The molecule has 1 fully saturated rings. The van der Waals surface area contributed by atoms with E-state index in [0.717, 1.165) is 44.3 Å². The number of hydrogen-bond acceptors (Lipinski definition) is 5. The van der Waals surface area contributed by atoms with E-state index in [2.05, 4.69) is 34.5 Å². The summed E-state index contributed by atoms with van der Waals surface area (Å²) in [5, 5.41) is 9.95. The second-order valence-electron chi connectivity index (χ2n) is 8.89. The van der Waals surface area contributed by atoms with Crippen LogP contribution in [0.2, 0.25) is 0 Å². The van der Waals surface area contributed by atoms with Crippen molar-refractivity contribution in [1.82, 2.24) is 24.1 Å². The van der Waals surface area contributed by atoms with Gasteiger partial charge < -0.3 is 4.90 Å². The first-order valence-electron chi connectivity index (χ1n) is 12.0. The molecule has 1 aliphatic heterocycles. The van der Waals surface area contributed by atoms with E-state index in [4.69, 9.17) is 0 Å². The summed E-state index contributed by atoms with van der Waals surface area (Å²) >= 11 is 1.39. The van der Waals surface area contributed by atoms with Gasteiger partial charge in [-0.15, -0.1) is 10.2 Å². The zero-order chi connectivity index (χ0) is 23.5. The molecule has 34 heavy (non-hydrogen) atoms. The second-order valence-corrected chi connectivity index (χ2v) is 9.84. The lowest BCUT2D eigenvalue weighted by atomic mass is 9.90. The fourth-order valence-corrected chi connectivity index (χ4v) is 5.65. The van der Waals surface area contributed by atoms with Crippen molar-refractivity contribution in [2.24, 2.45) is 5.92 Å². The fraction of sp³-hybridized carbons (Fsp3) is 0.385. The maximum atomic E-state index is 13.0. The van der Waals surface area contributed by atoms with Crippen LogP contribution in [0.3, 0.4) is 0 Å². The van der Waals surface area contributed by atoms with E-state index in [-0.39, 0.29) is 11.5 Å². The Morgan fingerprint density at radius 2 is 1.76 bits per heavy atom. The number of carbonyl (C=O) groups excluding carboxylic acids is 1. The maximum Gasteiger partial charge on any atom is 0.262 e. The molecule has 0 saturated carbocycles. The van der Waals surface area contributed by atoms with Gasteiger partial charge in [0.05, 0.1) is 16.7 Å². The first-order valence-corrected chi connectivity index (χ1v) is 13.0. The van der Waals surface area contributed by atoms with Crippen molar-refractivity contribution in [3.05, 3.63) is 70.5 Å². The quantitative estimate of drug-likeness (QED) is 0.378. The number of benzene rings is 2. The highest BCUT2D eigenvalue weighted by atomic mass is 32.2. The molecule has 2 aromatic carbocycles. The van der Waals surface area contributed by atoms with E-state index >= 15 is 0 Å². The summed E-state index contributed by atoms with van der Waals surface area (Å²) in [6, 6.07) is 18.1. The molecule has 0 N–H and O–H groups in total. The molecule has 1 saturated heterocycles. The van der Waals surface area contributed by atoms with Gasteiger partial charge >= 0.3 is 0 Å². The number of amides is 1. The van der Waals surface area contributed by atoms with Crippen LogP contribution < -0.4 is 5.56 Å². The molecule has 0 spiro atoms. The minimum atomic E-state index is -0.0525. The van der Waals surface area contributed by atoms with Crippen molar-refractivity contribution in [1.29, 1.82) is 0 Å². The highest BCUT2D eigenvalue weighted by Crippen LogP contribution is 2.25. The molecule has 1 amide bonds. The number of thioether (sulfide) groups is 1. The summed E-state index contributed by atoms with van der Waals surface area (Å²) in [4.78, 5) is 27.9. The number of aryl methyl sites for hydroxylation is 1. The van der Waals surface area contributed by atoms with Gasteiger partial charge in [-0.25, -0.2) is 0 Å². The molecule has 5 rings (SSSR count). The number of carbonyl (C=O) groups is 1. The highest BCUT2D eigenvalue weighted by molar-refractivity contribution is 7.99. The minimum absolute atomic E-state index is 0.0525. The van der Waals surface area contributed by atoms with Crippen LogP contribution in [0.15, 0.2) is 64.5 Å². The van der Waals surface area contributed by atoms with Crippen molar-refractivity contribution in [2.45, 2.75) is 44.3 Å². The van der Waals surface area contributed by atoms with E-state index in [0.29, 0.717) is 34.5 Å². The van der Waals surface area contributed by atoms with E-state index < -0.39 is 0 Å². The monoisotopic (exact) mass is 475 g/mol. The third kappa shape index (κ3) is 4.46. The predicted octanol–water partition coefficient (Wildman–Crippen LogP) is 4.03. The van der Waals surface area contributed by atoms with Gasteiger partial charge in [0.2, 0.25) is 11.7 Å². The smallest absolute Gasteiger partial charge is 0.262 e. The van der Waals surface area contributed by atoms with Crippen LogP contribution in [0.25, 0.3) is 16.7 Å². The fourth-order valence-electron chi connectivity index (χ4n) is 4.80. The van der Waals surface area contributed by atoms with Crippen LogP contribution in [0.1, 0.15) is 31.7 Å². The molecule has 3 heterocycles. The van der Waals surface area contributed by atoms with Gasteiger partial charge in [-0.2, -0.15) is 0 Å². The molecular weight excluding hydrogens is 446 g/mol. The number of fused-ring (bicyclic) bond motifs is 3. The highest BCUT2D eigenvalue weighted by Gasteiger charge is 2.24. The Hall–Kier alpha value is -3.13. The second kappa shape index (κ2) is 10.0. The van der Waals surface area contributed by atoms with Crippen LogP contribution in [0, 0.1) is 5.92 Å². The summed E-state index contributed by atoms with van der Waals surface area (Å²) in [5.74, 6) is 1.60. The predicted molar refractivity (Wildman–Crippen MR) is 135 cm³/mol. The first-order chi connectivity index (χ1) is 16.7. The van der Waals surface area contributed by atoms with Crippen LogP contribution in [0.5, 0.6) is 0 Å². The molecule has 2 aromatic heterocycles. The zero-order valence-electron chi connectivity index (χ0n) is 19.4. The molecule has 1 aliphatic rings. The molecule has 176 valence electrons. The molecule has 0 bridgehead atoms. The van der Waals surface area contributed by atoms with Gasteiger partial charge in [-0.1, -0.05) is 61.2 Å². The van der Waals surface area contributed by atoms with Crippen molar-refractivity contribution < 1.29 is 4.79 Å². The molecular formula is C26H29N5O2S. The minimum Gasteiger partial charge on any atom is -0.342 e. The largest absolute Gasteiger partial charge is 0.342 e. The Morgan fingerprint density at radius 1 is 1.03 bits per heavy atom. The molecule has 4 aromatic rings. The van der Waals surface area contributed by atoms with Gasteiger partial charge in [0.25, 0.3) is 5.56 Å². The van der Waals surface area contributed by atoms with Crippen LogP contribution in [0.4, 0.5) is 0 Å². The number of para-hydroxylation sites is 1. The normalized spacial score (nSPS) is 14.8. The Kier molecular flexibility index (Phi) is 6.67. The van der Waals surface area contributed by atoms with E-state index in [9.17, 15) is 9.59 Å². The van der Waals surface area contributed by atoms with E-state index in [1.807, 2.05) is 46.6 Å². The number of nitrogens with zero attached hydrogens (tertiary/aromatic N) is 5. The third-order valence-corrected chi connectivity index (χ3v) is 7.50. The van der Waals surface area contributed by atoms with Crippen LogP contribution >= 0.6 is 11.8 Å². The average Bonchev–Trinajstić information content (AvgIpc) is 3.30. The van der Waals surface area contributed by atoms with E-state index in [1.54, 1.807) is 4.57 Å². The molecule has 0 unspecified atom stereocenters. The van der Waals surface area contributed by atoms with Crippen LogP contribution in [-0.4, -0.2) is 48.8 Å². The van der Waals surface area contributed by atoms with E-state index in [1.165, 1.54) is 17.3 Å². The average molecular weight is 476 g/mol. The van der Waals surface area contributed by atoms with Crippen molar-refractivity contribution in [3.63, 3.8) is 0 Å². The summed E-state index contributed by atoms with van der Waals surface area (Å²) < 4.78 is 3.59. The molecule has 7 nitrogen and oxygen atoms in total. The Morgan fingerprint density at radius 3 is 2.53 bits per heavy atom. The number of hydrogen-bond donors (Lipinski definition) is 0. The summed E-state index contributed by atoms with van der Waals surface area (Å²) in [5.41, 5.74) is 2.09. The SMILES string of the molecule is CCCn1c(=O)c2ccccc2n2c(SCC(=O)N3CCC(Cc4ccccc4)CC3)nnc12.